The molecule has 0 unspecified atom stereocenters. The van der Waals surface area contributed by atoms with E-state index in [1.165, 1.54) is 16.4 Å². The molecule has 2 aromatic rings. The lowest BCUT2D eigenvalue weighted by Gasteiger charge is -2.00. The number of aryl methyl sites for hydroxylation is 2. The number of thioether (sulfide) groups is 1. The summed E-state index contributed by atoms with van der Waals surface area (Å²) in [7, 11) is 1.70. The number of carbonyl (C=O) groups excluding carboxylic acids is 1. The van der Waals surface area contributed by atoms with Crippen LogP contribution in [0.25, 0.3) is 0 Å². The van der Waals surface area contributed by atoms with E-state index in [-0.39, 0.29) is 11.7 Å². The maximum Gasteiger partial charge on any atom is 0.236 e. The van der Waals surface area contributed by atoms with Gasteiger partial charge in [-0.1, -0.05) is 16.9 Å². The largest absolute Gasteiger partial charge is 0.306 e. The third kappa shape index (κ3) is 2.78. The van der Waals surface area contributed by atoms with E-state index in [4.69, 9.17) is 0 Å². The first-order valence-electron chi connectivity index (χ1n) is 4.61. The van der Waals surface area contributed by atoms with Gasteiger partial charge in [0.2, 0.25) is 11.1 Å². The summed E-state index contributed by atoms with van der Waals surface area (Å²) < 4.78 is 5.94. The van der Waals surface area contributed by atoms with Gasteiger partial charge in [0.05, 0.1) is 5.75 Å². The lowest BCUT2D eigenvalue weighted by atomic mass is 10.5. The van der Waals surface area contributed by atoms with Crippen molar-refractivity contribution in [2.24, 2.45) is 7.05 Å². The Labute approximate surface area is 99.9 Å². The van der Waals surface area contributed by atoms with Crippen molar-refractivity contribution in [1.29, 1.82) is 0 Å². The first-order chi connectivity index (χ1) is 8.16. The number of carbonyl (C=O) groups is 1. The normalized spacial score (nSPS) is 10.5. The molecule has 17 heavy (non-hydrogen) atoms. The van der Waals surface area contributed by atoms with Crippen LogP contribution in [-0.4, -0.2) is 42.2 Å². The highest BCUT2D eigenvalue weighted by molar-refractivity contribution is 7.99. The molecule has 0 aliphatic heterocycles. The molecule has 1 N–H and O–H groups in total. The summed E-state index contributed by atoms with van der Waals surface area (Å²) in [6.45, 7) is 1.69. The summed E-state index contributed by atoms with van der Waals surface area (Å²) in [5.41, 5.74) is 0.531. The predicted molar refractivity (Wildman–Crippen MR) is 57.2 cm³/mol. The van der Waals surface area contributed by atoms with E-state index in [2.05, 4.69) is 35.8 Å². The average molecular weight is 255 g/mol. The lowest BCUT2D eigenvalue weighted by molar-refractivity contribution is -0.113. The first-order valence-corrected chi connectivity index (χ1v) is 5.59. The Morgan fingerprint density at radius 1 is 1.53 bits per heavy atom. The molecule has 0 saturated carbocycles. The smallest absolute Gasteiger partial charge is 0.236 e. The van der Waals surface area contributed by atoms with Crippen LogP contribution in [0.2, 0.25) is 0 Å². The third-order valence-electron chi connectivity index (χ3n) is 1.82. The Hall–Kier alpha value is -1.97. The van der Waals surface area contributed by atoms with E-state index in [9.17, 15) is 4.79 Å². The number of tetrazole rings is 1. The molecule has 1 amide bonds. The highest BCUT2D eigenvalue weighted by atomic mass is 32.2. The fraction of sp³-hybridized carbons (Fsp3) is 0.429. The van der Waals surface area contributed by atoms with Crippen LogP contribution in [0.5, 0.6) is 0 Å². The van der Waals surface area contributed by atoms with Crippen LogP contribution in [0.3, 0.4) is 0 Å². The van der Waals surface area contributed by atoms with Gasteiger partial charge in [-0.15, -0.1) is 5.10 Å². The molecule has 90 valence electrons. The second-order valence-corrected chi connectivity index (χ2v) is 4.06. The first kappa shape index (κ1) is 11.5. The number of nitrogens with one attached hydrogen (secondary N) is 1. The molecule has 0 aromatic carbocycles. The number of nitrogens with zero attached hydrogens (tertiary/aromatic N) is 6. The minimum atomic E-state index is -0.225. The predicted octanol–water partition coefficient (Wildman–Crippen LogP) is -0.368. The second kappa shape index (κ2) is 4.91. The minimum Gasteiger partial charge on any atom is -0.306 e. The minimum absolute atomic E-state index is 0.181. The van der Waals surface area contributed by atoms with Crippen molar-refractivity contribution in [2.45, 2.75) is 12.1 Å². The van der Waals surface area contributed by atoms with Gasteiger partial charge in [0.25, 0.3) is 0 Å². The molecule has 0 radical (unpaired) electrons. The highest BCUT2D eigenvalue weighted by Crippen LogP contribution is 2.13. The van der Waals surface area contributed by atoms with Gasteiger partial charge < -0.3 is 5.32 Å². The number of hydrogen-bond acceptors (Lipinski definition) is 8. The molecule has 10 heteroatoms. The van der Waals surface area contributed by atoms with Gasteiger partial charge in [-0.3, -0.25) is 4.79 Å². The van der Waals surface area contributed by atoms with Crippen molar-refractivity contribution < 1.29 is 9.42 Å². The maximum absolute atomic E-state index is 11.5. The standard InChI is InChI=1S/C7H9N7O2S/c1-4-6(11-16-10-4)8-5(15)3-17-7-9-12-13-14(7)2/h3H2,1-2H3,(H,8,11,15). The summed E-state index contributed by atoms with van der Waals surface area (Å²) >= 11 is 1.23. The van der Waals surface area contributed by atoms with Gasteiger partial charge in [-0.25, -0.2) is 9.31 Å². The van der Waals surface area contributed by atoms with Crippen molar-refractivity contribution in [2.75, 3.05) is 11.1 Å². The van der Waals surface area contributed by atoms with Gasteiger partial charge in [0.15, 0.2) is 5.82 Å². The van der Waals surface area contributed by atoms with Crippen molar-refractivity contribution in [3.63, 3.8) is 0 Å². The van der Waals surface area contributed by atoms with Crippen LogP contribution >= 0.6 is 11.8 Å². The fourth-order valence-corrected chi connectivity index (χ4v) is 1.64. The lowest BCUT2D eigenvalue weighted by Crippen LogP contribution is -2.15. The third-order valence-corrected chi connectivity index (χ3v) is 2.83. The van der Waals surface area contributed by atoms with E-state index in [1.807, 2.05) is 0 Å². The molecule has 0 atom stereocenters. The summed E-state index contributed by atoms with van der Waals surface area (Å²) in [5.74, 6) is 0.282. The van der Waals surface area contributed by atoms with Crippen molar-refractivity contribution >= 4 is 23.5 Å². The Balaban J connectivity index is 1.86. The number of rotatable bonds is 4. The molecule has 2 rings (SSSR count). The molecule has 0 fully saturated rings. The van der Waals surface area contributed by atoms with E-state index < -0.39 is 0 Å². The summed E-state index contributed by atoms with van der Waals surface area (Å²) in [6.07, 6.45) is 0. The van der Waals surface area contributed by atoms with Crippen LogP contribution in [0, 0.1) is 6.92 Å². The summed E-state index contributed by atoms with van der Waals surface area (Å²) in [6, 6.07) is 0. The molecule has 9 nitrogen and oxygen atoms in total. The number of amides is 1. The van der Waals surface area contributed by atoms with Crippen molar-refractivity contribution in [1.82, 2.24) is 30.5 Å². The number of aromatic nitrogens is 6. The number of hydrogen-bond donors (Lipinski definition) is 1. The molecule has 0 aliphatic carbocycles. The van der Waals surface area contributed by atoms with Crippen LogP contribution in [0.15, 0.2) is 9.79 Å². The Morgan fingerprint density at radius 2 is 2.35 bits per heavy atom. The van der Waals surface area contributed by atoms with E-state index in [0.29, 0.717) is 16.7 Å². The molecule has 0 saturated heterocycles. The van der Waals surface area contributed by atoms with Gasteiger partial charge in [0, 0.05) is 7.05 Å². The topological polar surface area (TPSA) is 112 Å². The Bertz CT molecular complexity index is 522. The molecule has 0 aliphatic rings. The number of anilines is 1. The van der Waals surface area contributed by atoms with Crippen LogP contribution in [0.1, 0.15) is 5.69 Å². The van der Waals surface area contributed by atoms with Crippen molar-refractivity contribution in [3.05, 3.63) is 5.69 Å². The zero-order valence-corrected chi connectivity index (χ0v) is 9.93. The van der Waals surface area contributed by atoms with Crippen LogP contribution in [-0.2, 0) is 11.8 Å². The van der Waals surface area contributed by atoms with E-state index >= 15 is 0 Å². The van der Waals surface area contributed by atoms with Crippen molar-refractivity contribution in [3.8, 4) is 0 Å². The summed E-state index contributed by atoms with van der Waals surface area (Å²) in [5, 5.41) is 21.1. The van der Waals surface area contributed by atoms with E-state index in [1.54, 1.807) is 14.0 Å². The zero-order valence-electron chi connectivity index (χ0n) is 9.12. The molecule has 2 heterocycles. The Morgan fingerprint density at radius 3 is 2.94 bits per heavy atom. The fourth-order valence-electron chi connectivity index (χ4n) is 0.987. The molecule has 0 bridgehead atoms. The molecular weight excluding hydrogens is 246 g/mol. The average Bonchev–Trinajstić information content (AvgIpc) is 2.86. The van der Waals surface area contributed by atoms with Crippen LogP contribution < -0.4 is 5.32 Å². The summed E-state index contributed by atoms with van der Waals surface area (Å²) in [4.78, 5) is 11.5. The Kier molecular flexibility index (Phi) is 3.32. The molecule has 0 spiro atoms. The van der Waals surface area contributed by atoms with Crippen LogP contribution in [0.4, 0.5) is 5.82 Å². The molecular formula is C7H9N7O2S. The zero-order chi connectivity index (χ0) is 12.3. The highest BCUT2D eigenvalue weighted by Gasteiger charge is 2.11. The van der Waals surface area contributed by atoms with E-state index in [0.717, 1.165) is 0 Å². The van der Waals surface area contributed by atoms with Gasteiger partial charge in [-0.2, -0.15) is 0 Å². The monoisotopic (exact) mass is 255 g/mol. The van der Waals surface area contributed by atoms with Gasteiger partial charge in [-0.05, 0) is 22.5 Å². The maximum atomic E-state index is 11.5. The molecule has 2 aromatic heterocycles. The quantitative estimate of drug-likeness (QED) is 0.736. The van der Waals surface area contributed by atoms with Gasteiger partial charge in [0.1, 0.15) is 5.69 Å². The van der Waals surface area contributed by atoms with Gasteiger partial charge >= 0.3 is 0 Å². The second-order valence-electron chi connectivity index (χ2n) is 3.12. The SMILES string of the molecule is Cc1nonc1NC(=O)CSc1nnnn1C.